The number of carbonyl (C=O) groups is 1. The van der Waals surface area contributed by atoms with E-state index in [-0.39, 0.29) is 5.78 Å². The van der Waals surface area contributed by atoms with Gasteiger partial charge in [-0.25, -0.2) is 0 Å². The van der Waals surface area contributed by atoms with Crippen LogP contribution in [0.15, 0.2) is 97.1 Å². The summed E-state index contributed by atoms with van der Waals surface area (Å²) in [5.41, 5.74) is 2.01. The predicted molar refractivity (Wildman–Crippen MR) is 176 cm³/mol. The van der Waals surface area contributed by atoms with Crippen molar-refractivity contribution in [1.29, 1.82) is 0 Å². The molecule has 0 aromatic heterocycles. The minimum absolute atomic E-state index is 0.280. The number of hydrogen-bond donors (Lipinski definition) is 0. The summed E-state index contributed by atoms with van der Waals surface area (Å²) in [6.07, 6.45) is -3.34. The summed E-state index contributed by atoms with van der Waals surface area (Å²) in [5.74, 6) is -5.20. The molecular formula is C38H31NO9S. The zero-order valence-corrected chi connectivity index (χ0v) is 27.8. The average molecular weight is 678 g/mol. The third-order valence-electron chi connectivity index (χ3n) is 11.0. The lowest BCUT2D eigenvalue weighted by Gasteiger charge is -2.49. The summed E-state index contributed by atoms with van der Waals surface area (Å²) in [4.78, 5) is 16.9. The lowest BCUT2D eigenvalue weighted by Crippen LogP contribution is -2.64. The number of nitrogens with zero attached hydrogens (tertiary/aromatic N) is 1. The maximum absolute atomic E-state index is 14.7. The topological polar surface area (TPSA) is 94.2 Å². The van der Waals surface area contributed by atoms with Crippen LogP contribution in [0.3, 0.4) is 0 Å². The van der Waals surface area contributed by atoms with E-state index in [4.69, 9.17) is 50.1 Å². The number of anilines is 1. The molecule has 0 amide bonds. The van der Waals surface area contributed by atoms with E-state index in [9.17, 15) is 4.79 Å². The summed E-state index contributed by atoms with van der Waals surface area (Å²) >= 11 is 6.37. The number of carbonyl (C=O) groups excluding carboxylic acids is 1. The summed E-state index contributed by atoms with van der Waals surface area (Å²) in [6.45, 7) is 2.02. The lowest BCUT2D eigenvalue weighted by molar-refractivity contribution is -0.382. The van der Waals surface area contributed by atoms with Crippen LogP contribution in [0.2, 0.25) is 0 Å². The van der Waals surface area contributed by atoms with Crippen LogP contribution in [0.5, 0.6) is 0 Å². The highest BCUT2D eigenvalue weighted by Crippen LogP contribution is 2.70. The predicted octanol–water partition coefficient (Wildman–Crippen LogP) is 5.34. The number of thiocarbonyl (C=S) groups is 1. The van der Waals surface area contributed by atoms with E-state index in [1.54, 1.807) is 19.2 Å². The second kappa shape index (κ2) is 9.67. The molecule has 11 heteroatoms. The Balaban J connectivity index is 1.28. The lowest BCUT2D eigenvalue weighted by atomic mass is 9.67. The molecule has 6 bridgehead atoms. The molecule has 10 rings (SSSR count). The van der Waals surface area contributed by atoms with E-state index >= 15 is 0 Å². The minimum atomic E-state index is -1.74. The monoisotopic (exact) mass is 677 g/mol. The molecule has 6 heterocycles. The van der Waals surface area contributed by atoms with Crippen LogP contribution >= 0.6 is 12.2 Å². The van der Waals surface area contributed by atoms with Gasteiger partial charge in [0.1, 0.15) is 17.2 Å². The number of fused-ring (bicyclic) bond motifs is 18. The summed E-state index contributed by atoms with van der Waals surface area (Å²) in [7, 11) is 4.61. The Labute approximate surface area is 287 Å². The van der Waals surface area contributed by atoms with Crippen molar-refractivity contribution < 1.29 is 42.7 Å². The van der Waals surface area contributed by atoms with Gasteiger partial charge in [-0.3, -0.25) is 9.69 Å². The molecule has 8 atom stereocenters. The highest BCUT2D eigenvalue weighted by Gasteiger charge is 2.84. The van der Waals surface area contributed by atoms with E-state index in [2.05, 4.69) is 0 Å². The molecule has 6 aliphatic rings. The summed E-state index contributed by atoms with van der Waals surface area (Å²) in [6, 6.07) is 30.3. The summed E-state index contributed by atoms with van der Waals surface area (Å²) < 4.78 is 53.8. The molecule has 4 aromatic rings. The van der Waals surface area contributed by atoms with Crippen molar-refractivity contribution in [2.75, 3.05) is 26.2 Å². The maximum Gasteiger partial charge on any atom is 0.314 e. The second-order valence-electron chi connectivity index (χ2n) is 13.1. The number of ether oxygens (including phenoxy) is 8. The summed E-state index contributed by atoms with van der Waals surface area (Å²) in [5, 5.41) is 0. The molecule has 4 aromatic carbocycles. The van der Waals surface area contributed by atoms with Crippen molar-refractivity contribution in [3.63, 3.8) is 0 Å². The van der Waals surface area contributed by atoms with Crippen molar-refractivity contribution in [3.05, 3.63) is 136 Å². The third-order valence-corrected chi connectivity index (χ3v) is 11.4. The van der Waals surface area contributed by atoms with Gasteiger partial charge in [0.05, 0.1) is 5.56 Å². The van der Waals surface area contributed by atoms with Crippen LogP contribution in [0.25, 0.3) is 0 Å². The molecule has 3 saturated heterocycles. The Hall–Kier alpha value is -3.88. The minimum Gasteiger partial charge on any atom is -0.332 e. The first-order valence-corrected chi connectivity index (χ1v) is 16.5. The van der Waals surface area contributed by atoms with Gasteiger partial charge in [0.25, 0.3) is 5.91 Å². The molecule has 0 N–H and O–H groups in total. The zero-order valence-electron chi connectivity index (χ0n) is 27.0. The highest BCUT2D eigenvalue weighted by molar-refractivity contribution is 7.80. The third kappa shape index (κ3) is 3.25. The standard InChI is InChI=1S/C38H31NO9S/c1-21-17-19-22(20-18-21)39-32(49)31-35(25-13-7-9-15-27(25)36(39,41-2)44-31)33-34(26-14-8-10-16-28(26)38(43-4,46-33)48-35)30-29(40)23-11-5-6-12-24(23)37(42-3,45-30)47-34/h5-20,30-31,33H,1-4H3. The molecular weight excluding hydrogens is 646 g/mol. The SMILES string of the molecule is COC12OC(C(=O)c3ccccc31)C1(O2)c2ccccc2C2(OC)OC1C1(O2)c2ccccc2C2(OC)OC1C(=S)N2c1ccc(C)cc1. The largest absolute Gasteiger partial charge is 0.332 e. The Morgan fingerprint density at radius 1 is 0.633 bits per heavy atom. The number of hydrogen-bond acceptors (Lipinski definition) is 10. The van der Waals surface area contributed by atoms with Crippen molar-refractivity contribution in [2.24, 2.45) is 0 Å². The van der Waals surface area contributed by atoms with E-state index in [1.165, 1.54) is 14.2 Å². The first-order chi connectivity index (χ1) is 23.7. The van der Waals surface area contributed by atoms with Gasteiger partial charge in [-0.1, -0.05) is 103 Å². The van der Waals surface area contributed by atoms with Gasteiger partial charge in [-0.15, -0.1) is 0 Å². The number of ketones is 1. The molecule has 248 valence electrons. The van der Waals surface area contributed by atoms with Crippen LogP contribution in [0.4, 0.5) is 5.69 Å². The Morgan fingerprint density at radius 3 is 1.84 bits per heavy atom. The van der Waals surface area contributed by atoms with Gasteiger partial charge in [0.15, 0.2) is 23.1 Å². The van der Waals surface area contributed by atoms with E-state index < -0.39 is 47.4 Å². The first kappa shape index (κ1) is 30.0. The van der Waals surface area contributed by atoms with Gasteiger partial charge < -0.3 is 37.9 Å². The van der Waals surface area contributed by atoms with E-state index in [1.807, 2.05) is 96.8 Å². The number of rotatable bonds is 4. The van der Waals surface area contributed by atoms with Crippen LogP contribution < -0.4 is 4.90 Å². The fourth-order valence-corrected chi connectivity index (χ4v) is 9.40. The number of methoxy groups -OCH3 is 3. The number of aryl methyl sites for hydroxylation is 1. The Kier molecular flexibility index (Phi) is 5.92. The second-order valence-corrected chi connectivity index (χ2v) is 13.5. The molecule has 0 aliphatic carbocycles. The maximum atomic E-state index is 14.7. The molecule has 0 radical (unpaired) electrons. The average Bonchev–Trinajstić information content (AvgIpc) is 3.74. The van der Waals surface area contributed by atoms with Crippen molar-refractivity contribution in [3.8, 4) is 0 Å². The normalized spacial score (nSPS) is 37.5. The first-order valence-electron chi connectivity index (χ1n) is 16.1. The fraction of sp³-hybridized carbons (Fsp3) is 0.316. The van der Waals surface area contributed by atoms with Gasteiger partial charge in [0.2, 0.25) is 0 Å². The molecule has 0 saturated carbocycles. The van der Waals surface area contributed by atoms with Crippen LogP contribution in [0, 0.1) is 6.92 Å². The quantitative estimate of drug-likeness (QED) is 0.262. The fourth-order valence-electron chi connectivity index (χ4n) is 8.95. The molecule has 3 fully saturated rings. The molecule has 6 aliphatic heterocycles. The van der Waals surface area contributed by atoms with E-state index in [0.29, 0.717) is 38.4 Å². The molecule has 10 nitrogen and oxygen atoms in total. The van der Waals surface area contributed by atoms with Gasteiger partial charge >= 0.3 is 11.9 Å². The van der Waals surface area contributed by atoms with Crippen LogP contribution in [-0.2, 0) is 67.0 Å². The van der Waals surface area contributed by atoms with Crippen LogP contribution in [0.1, 0.15) is 43.7 Å². The van der Waals surface area contributed by atoms with Gasteiger partial charge in [-0.2, -0.15) is 0 Å². The molecule has 49 heavy (non-hydrogen) atoms. The smallest absolute Gasteiger partial charge is 0.314 e. The highest BCUT2D eigenvalue weighted by atomic mass is 32.1. The van der Waals surface area contributed by atoms with Gasteiger partial charge in [0, 0.05) is 54.8 Å². The molecule has 8 unspecified atom stereocenters. The van der Waals surface area contributed by atoms with Crippen molar-refractivity contribution >= 4 is 28.7 Å². The number of Topliss-reactive ketones (excluding diaryl/α,β-unsaturated/α-hetero) is 1. The van der Waals surface area contributed by atoms with E-state index in [0.717, 1.165) is 11.3 Å². The van der Waals surface area contributed by atoms with Crippen molar-refractivity contribution in [1.82, 2.24) is 0 Å². The van der Waals surface area contributed by atoms with Crippen LogP contribution in [-0.4, -0.2) is 50.4 Å². The van der Waals surface area contributed by atoms with Crippen molar-refractivity contribution in [2.45, 2.75) is 54.3 Å². The van der Waals surface area contributed by atoms with Gasteiger partial charge in [-0.05, 0) is 19.1 Å². The molecule has 2 spiro atoms. The zero-order chi connectivity index (χ0) is 33.6. The Morgan fingerprint density at radius 2 is 1.18 bits per heavy atom. The number of benzene rings is 4. The Bertz CT molecular complexity index is 2110.